The highest BCUT2D eigenvalue weighted by Gasteiger charge is 2.06. The summed E-state index contributed by atoms with van der Waals surface area (Å²) in [5, 5.41) is 5.59. The fourth-order valence-corrected chi connectivity index (χ4v) is 1.64. The van der Waals surface area contributed by atoms with E-state index < -0.39 is 0 Å². The van der Waals surface area contributed by atoms with Crippen LogP contribution in [0.1, 0.15) is 12.5 Å². The van der Waals surface area contributed by atoms with Gasteiger partial charge in [0, 0.05) is 17.6 Å². The summed E-state index contributed by atoms with van der Waals surface area (Å²) >= 11 is 0. The summed E-state index contributed by atoms with van der Waals surface area (Å²) in [6, 6.07) is 3.52. The molecule has 0 unspecified atom stereocenters. The Bertz CT molecular complexity index is 572. The third-order valence-corrected chi connectivity index (χ3v) is 2.65. The lowest BCUT2D eigenvalue weighted by Gasteiger charge is -2.06. The number of fused-ring (bicyclic) bond motifs is 1. The van der Waals surface area contributed by atoms with Gasteiger partial charge in [0.1, 0.15) is 0 Å². The van der Waals surface area contributed by atoms with Gasteiger partial charge in [-0.2, -0.15) is 5.10 Å². The van der Waals surface area contributed by atoms with Gasteiger partial charge >= 0.3 is 0 Å². The highest BCUT2D eigenvalue weighted by molar-refractivity contribution is 5.87. The molecule has 0 radical (unpaired) electrons. The molecule has 1 heterocycles. The van der Waals surface area contributed by atoms with Gasteiger partial charge in [-0.25, -0.2) is 4.68 Å². The van der Waals surface area contributed by atoms with Gasteiger partial charge in [-0.3, -0.25) is 4.79 Å². The number of nitrogens with two attached hydrogens (primary N) is 1. The number of nitrogens with zero attached hydrogens (tertiary/aromatic N) is 2. The number of aryl methyl sites for hydroxylation is 2. The first-order valence-electron chi connectivity index (χ1n) is 4.90. The quantitative estimate of drug-likeness (QED) is 0.711. The molecule has 0 saturated carbocycles. The molecule has 2 rings (SSSR count). The third-order valence-electron chi connectivity index (χ3n) is 2.65. The van der Waals surface area contributed by atoms with Crippen LogP contribution in [-0.2, 0) is 6.54 Å². The van der Waals surface area contributed by atoms with Crippen LogP contribution >= 0.6 is 0 Å². The Morgan fingerprint density at radius 2 is 2.13 bits per heavy atom. The second kappa shape index (κ2) is 3.38. The average molecular weight is 203 g/mol. The van der Waals surface area contributed by atoms with Crippen molar-refractivity contribution in [2.75, 3.05) is 5.73 Å². The van der Waals surface area contributed by atoms with Crippen LogP contribution in [0.15, 0.2) is 23.1 Å². The lowest BCUT2D eigenvalue weighted by molar-refractivity contribution is 0.623. The fraction of sp³-hybridized carbons (Fsp3) is 0.273. The van der Waals surface area contributed by atoms with E-state index in [4.69, 9.17) is 5.73 Å². The van der Waals surface area contributed by atoms with E-state index in [2.05, 4.69) is 5.10 Å². The zero-order valence-corrected chi connectivity index (χ0v) is 8.82. The molecule has 2 N–H and O–H groups in total. The zero-order valence-electron chi connectivity index (χ0n) is 8.82. The minimum absolute atomic E-state index is 0.0573. The third kappa shape index (κ3) is 1.38. The number of aromatic nitrogens is 2. The van der Waals surface area contributed by atoms with Crippen molar-refractivity contribution in [1.82, 2.24) is 9.78 Å². The SMILES string of the molecule is CCn1ncc2c(C)c(N)ccc2c1=O. The Kier molecular flexibility index (Phi) is 2.19. The van der Waals surface area contributed by atoms with Crippen LogP contribution in [0.25, 0.3) is 10.8 Å². The summed E-state index contributed by atoms with van der Waals surface area (Å²) in [4.78, 5) is 11.9. The summed E-state index contributed by atoms with van der Waals surface area (Å²) in [5.41, 5.74) is 7.32. The molecule has 1 aromatic carbocycles. The predicted octanol–water partition coefficient (Wildman–Crippen LogP) is 1.31. The van der Waals surface area contributed by atoms with E-state index in [-0.39, 0.29) is 5.56 Å². The molecule has 0 aliphatic carbocycles. The van der Waals surface area contributed by atoms with E-state index >= 15 is 0 Å². The molecule has 0 bridgehead atoms. The van der Waals surface area contributed by atoms with Crippen molar-refractivity contribution >= 4 is 16.5 Å². The fourth-order valence-electron chi connectivity index (χ4n) is 1.64. The first kappa shape index (κ1) is 9.71. The molecule has 0 spiro atoms. The molecular weight excluding hydrogens is 190 g/mol. The van der Waals surface area contributed by atoms with Crippen LogP contribution in [0.5, 0.6) is 0 Å². The van der Waals surface area contributed by atoms with Crippen LogP contribution in [-0.4, -0.2) is 9.78 Å². The normalized spacial score (nSPS) is 10.8. The minimum atomic E-state index is -0.0573. The number of hydrogen-bond acceptors (Lipinski definition) is 3. The van der Waals surface area contributed by atoms with Gasteiger partial charge < -0.3 is 5.73 Å². The van der Waals surface area contributed by atoms with Crippen LogP contribution in [0, 0.1) is 6.92 Å². The Morgan fingerprint density at radius 3 is 2.80 bits per heavy atom. The number of hydrogen-bond donors (Lipinski definition) is 1. The van der Waals surface area contributed by atoms with Gasteiger partial charge in [-0.05, 0) is 31.5 Å². The maximum absolute atomic E-state index is 11.9. The summed E-state index contributed by atoms with van der Waals surface area (Å²) in [6.45, 7) is 4.37. The average Bonchev–Trinajstić information content (AvgIpc) is 2.24. The maximum Gasteiger partial charge on any atom is 0.274 e. The summed E-state index contributed by atoms with van der Waals surface area (Å²) < 4.78 is 1.44. The smallest absolute Gasteiger partial charge is 0.274 e. The van der Waals surface area contributed by atoms with Crippen molar-refractivity contribution in [3.63, 3.8) is 0 Å². The molecule has 4 heteroatoms. The molecular formula is C11H13N3O. The van der Waals surface area contributed by atoms with Gasteiger partial charge in [-0.15, -0.1) is 0 Å². The Morgan fingerprint density at radius 1 is 1.40 bits per heavy atom. The monoisotopic (exact) mass is 203 g/mol. The first-order valence-corrected chi connectivity index (χ1v) is 4.90. The van der Waals surface area contributed by atoms with Crippen molar-refractivity contribution in [2.45, 2.75) is 20.4 Å². The largest absolute Gasteiger partial charge is 0.398 e. The molecule has 0 aliphatic heterocycles. The number of benzene rings is 1. The Hall–Kier alpha value is -1.84. The van der Waals surface area contributed by atoms with Gasteiger partial charge in [0.15, 0.2) is 0 Å². The molecule has 1 aromatic heterocycles. The van der Waals surface area contributed by atoms with Crippen molar-refractivity contribution in [3.05, 3.63) is 34.2 Å². The Balaban J connectivity index is 2.92. The van der Waals surface area contributed by atoms with Gasteiger partial charge in [0.2, 0.25) is 0 Å². The number of nitrogen functional groups attached to an aromatic ring is 1. The second-order valence-electron chi connectivity index (χ2n) is 3.51. The van der Waals surface area contributed by atoms with Crippen molar-refractivity contribution in [3.8, 4) is 0 Å². The van der Waals surface area contributed by atoms with Crippen molar-refractivity contribution in [1.29, 1.82) is 0 Å². The van der Waals surface area contributed by atoms with E-state index in [9.17, 15) is 4.79 Å². The van der Waals surface area contributed by atoms with Gasteiger partial charge in [0.25, 0.3) is 5.56 Å². The maximum atomic E-state index is 11.9. The number of anilines is 1. The minimum Gasteiger partial charge on any atom is -0.398 e. The standard InChI is InChI=1S/C11H13N3O/c1-3-14-11(15)8-4-5-10(12)7(2)9(8)6-13-14/h4-6H,3,12H2,1-2H3. The summed E-state index contributed by atoms with van der Waals surface area (Å²) in [5.74, 6) is 0. The lowest BCUT2D eigenvalue weighted by Crippen LogP contribution is -2.21. The van der Waals surface area contributed by atoms with Crippen LogP contribution in [0.3, 0.4) is 0 Å². The first-order chi connectivity index (χ1) is 7.15. The molecule has 2 aromatic rings. The van der Waals surface area contributed by atoms with Crippen LogP contribution in [0.4, 0.5) is 5.69 Å². The predicted molar refractivity (Wildman–Crippen MR) is 60.8 cm³/mol. The zero-order chi connectivity index (χ0) is 11.0. The van der Waals surface area contributed by atoms with Crippen molar-refractivity contribution < 1.29 is 0 Å². The highest BCUT2D eigenvalue weighted by Crippen LogP contribution is 2.19. The lowest BCUT2D eigenvalue weighted by atomic mass is 10.1. The molecule has 15 heavy (non-hydrogen) atoms. The molecule has 0 saturated heterocycles. The highest BCUT2D eigenvalue weighted by atomic mass is 16.1. The van der Waals surface area contributed by atoms with Crippen LogP contribution < -0.4 is 11.3 Å². The van der Waals surface area contributed by atoms with E-state index in [1.54, 1.807) is 18.3 Å². The van der Waals surface area contributed by atoms with E-state index in [1.807, 2.05) is 13.8 Å². The molecule has 0 amide bonds. The van der Waals surface area contributed by atoms with E-state index in [0.29, 0.717) is 17.6 Å². The molecule has 78 valence electrons. The van der Waals surface area contributed by atoms with E-state index in [1.165, 1.54) is 4.68 Å². The van der Waals surface area contributed by atoms with Crippen molar-refractivity contribution in [2.24, 2.45) is 0 Å². The van der Waals surface area contributed by atoms with E-state index in [0.717, 1.165) is 10.9 Å². The summed E-state index contributed by atoms with van der Waals surface area (Å²) in [7, 11) is 0. The molecule has 0 atom stereocenters. The summed E-state index contributed by atoms with van der Waals surface area (Å²) in [6.07, 6.45) is 1.70. The molecule has 0 aliphatic rings. The van der Waals surface area contributed by atoms with Gasteiger partial charge in [-0.1, -0.05) is 0 Å². The molecule has 4 nitrogen and oxygen atoms in total. The van der Waals surface area contributed by atoms with Gasteiger partial charge in [0.05, 0.1) is 11.6 Å². The number of rotatable bonds is 1. The Labute approximate surface area is 87.3 Å². The second-order valence-corrected chi connectivity index (χ2v) is 3.51. The topological polar surface area (TPSA) is 60.9 Å². The molecule has 0 fully saturated rings. The van der Waals surface area contributed by atoms with Crippen LogP contribution in [0.2, 0.25) is 0 Å².